The van der Waals surface area contributed by atoms with E-state index in [-0.39, 0.29) is 0 Å². The van der Waals surface area contributed by atoms with E-state index < -0.39 is 0 Å². The van der Waals surface area contributed by atoms with Crippen molar-refractivity contribution in [1.82, 2.24) is 19.9 Å². The number of aromatic nitrogens is 4. The van der Waals surface area contributed by atoms with Crippen LogP contribution in [0.4, 0.5) is 5.95 Å². The second-order valence-electron chi connectivity index (χ2n) is 5.88. The summed E-state index contributed by atoms with van der Waals surface area (Å²) in [7, 11) is 0. The van der Waals surface area contributed by atoms with Crippen LogP contribution in [0.1, 0.15) is 32.1 Å². The molecule has 0 bridgehead atoms. The Labute approximate surface area is 129 Å². The Morgan fingerprint density at radius 3 is 2.86 bits per heavy atom. The number of benzene rings is 1. The van der Waals surface area contributed by atoms with Gasteiger partial charge in [0.15, 0.2) is 0 Å². The largest absolute Gasteiger partial charge is 0.351 e. The van der Waals surface area contributed by atoms with Gasteiger partial charge in [-0.2, -0.15) is 0 Å². The van der Waals surface area contributed by atoms with Gasteiger partial charge in [0.25, 0.3) is 0 Å². The van der Waals surface area contributed by atoms with E-state index in [9.17, 15) is 0 Å². The van der Waals surface area contributed by atoms with Gasteiger partial charge in [-0.05, 0) is 31.0 Å². The summed E-state index contributed by atoms with van der Waals surface area (Å²) in [4.78, 5) is 16.4. The van der Waals surface area contributed by atoms with Crippen LogP contribution < -0.4 is 5.32 Å². The minimum absolute atomic E-state index is 0.513. The number of aromatic amines is 1. The molecule has 2 aromatic heterocycles. The number of rotatable bonds is 3. The molecule has 5 heteroatoms. The first-order valence-corrected chi connectivity index (χ1v) is 7.91. The van der Waals surface area contributed by atoms with Gasteiger partial charge in [-0.1, -0.05) is 25.3 Å². The quantitative estimate of drug-likeness (QED) is 0.771. The lowest BCUT2D eigenvalue weighted by atomic mass is 9.96. The highest BCUT2D eigenvalue weighted by atomic mass is 15.1. The molecule has 0 spiro atoms. The molecule has 0 amide bonds. The molecule has 0 aliphatic heterocycles. The highest BCUT2D eigenvalue weighted by Gasteiger charge is 2.14. The van der Waals surface area contributed by atoms with E-state index in [2.05, 4.69) is 37.4 Å². The molecule has 1 saturated carbocycles. The molecule has 0 unspecified atom stereocenters. The van der Waals surface area contributed by atoms with Crippen LogP contribution in [0.2, 0.25) is 0 Å². The van der Waals surface area contributed by atoms with Gasteiger partial charge in [-0.3, -0.25) is 0 Å². The average Bonchev–Trinajstić information content (AvgIpc) is 3.04. The zero-order valence-electron chi connectivity index (χ0n) is 12.4. The summed E-state index contributed by atoms with van der Waals surface area (Å²) >= 11 is 0. The summed E-state index contributed by atoms with van der Waals surface area (Å²) in [6.45, 7) is 0. The number of anilines is 1. The van der Waals surface area contributed by atoms with Crippen LogP contribution in [0.3, 0.4) is 0 Å². The van der Waals surface area contributed by atoms with Crippen molar-refractivity contribution in [2.45, 2.75) is 38.1 Å². The fourth-order valence-electron chi connectivity index (χ4n) is 3.11. The number of H-pyrrole nitrogens is 1. The zero-order valence-corrected chi connectivity index (χ0v) is 12.4. The normalized spacial score (nSPS) is 16.0. The third-order valence-corrected chi connectivity index (χ3v) is 4.31. The zero-order chi connectivity index (χ0) is 14.8. The first-order chi connectivity index (χ1) is 10.9. The minimum atomic E-state index is 0.513. The molecule has 22 heavy (non-hydrogen) atoms. The molecule has 1 aliphatic rings. The summed E-state index contributed by atoms with van der Waals surface area (Å²) in [5.41, 5.74) is 4.01. The predicted octanol–water partition coefficient (Wildman–Crippen LogP) is 3.76. The van der Waals surface area contributed by atoms with E-state index in [4.69, 9.17) is 0 Å². The molecule has 2 N–H and O–H groups in total. The highest BCUT2D eigenvalue weighted by molar-refractivity contribution is 5.80. The van der Waals surface area contributed by atoms with Crippen molar-refractivity contribution in [3.63, 3.8) is 0 Å². The molecule has 1 aliphatic carbocycles. The van der Waals surface area contributed by atoms with Crippen LogP contribution in [-0.2, 0) is 0 Å². The summed E-state index contributed by atoms with van der Waals surface area (Å²) in [5.74, 6) is 0.731. The van der Waals surface area contributed by atoms with Gasteiger partial charge in [0.1, 0.15) is 0 Å². The number of hydrogen-bond acceptors (Lipinski definition) is 4. The number of nitrogens with one attached hydrogen (secondary N) is 2. The maximum Gasteiger partial charge on any atom is 0.223 e. The molecule has 112 valence electrons. The molecule has 5 nitrogen and oxygen atoms in total. The fraction of sp³-hybridized carbons (Fsp3) is 0.353. The molecular weight excluding hydrogens is 274 g/mol. The van der Waals surface area contributed by atoms with E-state index in [1.54, 1.807) is 6.33 Å². The van der Waals surface area contributed by atoms with Gasteiger partial charge in [0.05, 0.1) is 23.1 Å². The topological polar surface area (TPSA) is 66.5 Å². The van der Waals surface area contributed by atoms with Gasteiger partial charge in [-0.15, -0.1) is 0 Å². The van der Waals surface area contributed by atoms with Gasteiger partial charge < -0.3 is 10.3 Å². The summed E-state index contributed by atoms with van der Waals surface area (Å²) in [5, 5.41) is 3.48. The van der Waals surface area contributed by atoms with E-state index in [0.29, 0.717) is 6.04 Å². The lowest BCUT2D eigenvalue weighted by molar-refractivity contribution is 0.461. The summed E-state index contributed by atoms with van der Waals surface area (Å²) in [6, 6.07) is 8.60. The van der Waals surface area contributed by atoms with Crippen molar-refractivity contribution in [3.05, 3.63) is 36.8 Å². The number of hydrogen-bond donors (Lipinski definition) is 2. The maximum atomic E-state index is 4.67. The average molecular weight is 293 g/mol. The standard InChI is InChI=1S/C17H19N5/c1-2-4-13(5-3-1)21-17-18-9-8-14(22-17)12-6-7-15-16(10-12)20-11-19-15/h6-11,13H,1-5H2,(H,19,20)(H,18,21,22). The molecule has 1 aromatic carbocycles. The second-order valence-corrected chi connectivity index (χ2v) is 5.88. The van der Waals surface area contributed by atoms with E-state index in [1.165, 1.54) is 32.1 Å². The van der Waals surface area contributed by atoms with Crippen LogP contribution >= 0.6 is 0 Å². The van der Waals surface area contributed by atoms with Crippen molar-refractivity contribution < 1.29 is 0 Å². The van der Waals surface area contributed by atoms with Crippen LogP contribution in [0, 0.1) is 0 Å². The van der Waals surface area contributed by atoms with Gasteiger partial charge in [0, 0.05) is 17.8 Å². The van der Waals surface area contributed by atoms with E-state index >= 15 is 0 Å². The fourth-order valence-corrected chi connectivity index (χ4v) is 3.11. The Balaban J connectivity index is 1.60. The van der Waals surface area contributed by atoms with Crippen LogP contribution in [0.25, 0.3) is 22.3 Å². The molecule has 1 fully saturated rings. The molecule has 2 heterocycles. The highest BCUT2D eigenvalue weighted by Crippen LogP contribution is 2.23. The summed E-state index contributed by atoms with van der Waals surface area (Å²) < 4.78 is 0. The van der Waals surface area contributed by atoms with E-state index in [1.807, 2.05) is 18.3 Å². The van der Waals surface area contributed by atoms with Crippen molar-refractivity contribution in [2.75, 3.05) is 5.32 Å². The van der Waals surface area contributed by atoms with Crippen LogP contribution in [-0.4, -0.2) is 26.0 Å². The van der Waals surface area contributed by atoms with Gasteiger partial charge >= 0.3 is 0 Å². The Bertz CT molecular complexity index is 773. The molecule has 0 atom stereocenters. The van der Waals surface area contributed by atoms with Crippen LogP contribution in [0.5, 0.6) is 0 Å². The van der Waals surface area contributed by atoms with Gasteiger partial charge in [-0.25, -0.2) is 15.0 Å². The second kappa shape index (κ2) is 5.75. The van der Waals surface area contributed by atoms with Gasteiger partial charge in [0.2, 0.25) is 5.95 Å². The minimum Gasteiger partial charge on any atom is -0.351 e. The van der Waals surface area contributed by atoms with Crippen molar-refractivity contribution in [3.8, 4) is 11.3 Å². The smallest absolute Gasteiger partial charge is 0.223 e. The first kappa shape index (κ1) is 13.2. The number of imidazole rings is 1. The predicted molar refractivity (Wildman–Crippen MR) is 87.6 cm³/mol. The van der Waals surface area contributed by atoms with Crippen molar-refractivity contribution in [2.24, 2.45) is 0 Å². The lowest BCUT2D eigenvalue weighted by Gasteiger charge is -2.22. The molecular formula is C17H19N5. The summed E-state index contributed by atoms with van der Waals surface area (Å²) in [6.07, 6.45) is 9.92. The molecule has 0 saturated heterocycles. The number of fused-ring (bicyclic) bond motifs is 1. The molecule has 4 rings (SSSR count). The third kappa shape index (κ3) is 2.66. The monoisotopic (exact) mass is 293 g/mol. The Kier molecular flexibility index (Phi) is 3.46. The Morgan fingerprint density at radius 1 is 1.05 bits per heavy atom. The lowest BCUT2D eigenvalue weighted by Crippen LogP contribution is -2.23. The van der Waals surface area contributed by atoms with Crippen molar-refractivity contribution in [1.29, 1.82) is 0 Å². The molecule has 0 radical (unpaired) electrons. The Morgan fingerprint density at radius 2 is 1.95 bits per heavy atom. The van der Waals surface area contributed by atoms with Crippen LogP contribution in [0.15, 0.2) is 36.8 Å². The maximum absolute atomic E-state index is 4.67. The number of nitrogens with zero attached hydrogens (tertiary/aromatic N) is 3. The van der Waals surface area contributed by atoms with E-state index in [0.717, 1.165) is 28.2 Å². The SMILES string of the molecule is c1cc(-c2ccc3nc[nH]c3c2)nc(NC2CCCCC2)n1. The van der Waals surface area contributed by atoms with Crippen molar-refractivity contribution >= 4 is 17.0 Å². The third-order valence-electron chi connectivity index (χ3n) is 4.31. The first-order valence-electron chi connectivity index (χ1n) is 7.91. The Hall–Kier alpha value is -2.43. The molecule has 3 aromatic rings.